The topological polar surface area (TPSA) is 79.4 Å². The third-order valence-electron chi connectivity index (χ3n) is 3.88. The molecule has 4 aromatic heterocycles. The Morgan fingerprint density at radius 3 is 2.60 bits per heavy atom. The zero-order valence-corrected chi connectivity index (χ0v) is 14.0. The standard InChI is InChI=1S/C18H15ClN6/c19-16-4-3-12(7-21-16)8-23-18-24-9-13(10-25-18)6-14-11-22-17-15(14)2-1-5-20-17/h1-5,7,9-11H,6,8H2,(H,20,22)(H,23,24,25). The molecule has 2 N–H and O–H groups in total. The van der Waals surface area contributed by atoms with Crippen molar-refractivity contribution in [3.8, 4) is 0 Å². The number of halogens is 1. The Labute approximate surface area is 149 Å². The minimum Gasteiger partial charge on any atom is -0.350 e. The minimum atomic E-state index is 0.483. The van der Waals surface area contributed by atoms with E-state index >= 15 is 0 Å². The van der Waals surface area contributed by atoms with Crippen LogP contribution < -0.4 is 5.32 Å². The quantitative estimate of drug-likeness (QED) is 0.537. The Balaban J connectivity index is 1.42. The Morgan fingerprint density at radius 1 is 0.960 bits per heavy atom. The van der Waals surface area contributed by atoms with E-state index in [0.717, 1.165) is 28.6 Å². The van der Waals surface area contributed by atoms with Crippen LogP contribution in [0.25, 0.3) is 11.0 Å². The Morgan fingerprint density at radius 2 is 1.80 bits per heavy atom. The molecule has 124 valence electrons. The van der Waals surface area contributed by atoms with Crippen LogP contribution in [0.4, 0.5) is 5.95 Å². The first kappa shape index (κ1) is 15.5. The van der Waals surface area contributed by atoms with Crippen molar-refractivity contribution in [2.75, 3.05) is 5.32 Å². The van der Waals surface area contributed by atoms with E-state index in [1.54, 1.807) is 18.5 Å². The fourth-order valence-corrected chi connectivity index (χ4v) is 2.72. The first-order valence-electron chi connectivity index (χ1n) is 7.84. The molecule has 4 heterocycles. The SMILES string of the molecule is Clc1ccc(CNc2ncc(Cc3c[nH]c4ncccc34)cn2)cn1. The molecule has 0 spiro atoms. The molecule has 4 aromatic rings. The third-order valence-corrected chi connectivity index (χ3v) is 4.10. The number of fused-ring (bicyclic) bond motifs is 1. The van der Waals surface area contributed by atoms with Crippen LogP contribution in [0.15, 0.2) is 55.2 Å². The van der Waals surface area contributed by atoms with Gasteiger partial charge >= 0.3 is 0 Å². The summed E-state index contributed by atoms with van der Waals surface area (Å²) in [6.45, 7) is 0.595. The lowest BCUT2D eigenvalue weighted by Gasteiger charge is -2.05. The van der Waals surface area contributed by atoms with Crippen molar-refractivity contribution in [3.05, 3.63) is 77.1 Å². The first-order valence-corrected chi connectivity index (χ1v) is 8.22. The second-order valence-electron chi connectivity index (χ2n) is 5.65. The molecule has 6 nitrogen and oxygen atoms in total. The van der Waals surface area contributed by atoms with Gasteiger partial charge in [-0.2, -0.15) is 0 Å². The van der Waals surface area contributed by atoms with Crippen LogP contribution >= 0.6 is 11.6 Å². The number of rotatable bonds is 5. The number of anilines is 1. The predicted octanol–water partition coefficient (Wildman–Crippen LogP) is 3.60. The maximum atomic E-state index is 5.78. The second-order valence-corrected chi connectivity index (χ2v) is 6.04. The van der Waals surface area contributed by atoms with Crippen LogP contribution in [0.1, 0.15) is 16.7 Å². The monoisotopic (exact) mass is 350 g/mol. The van der Waals surface area contributed by atoms with E-state index in [1.807, 2.05) is 30.7 Å². The molecule has 0 atom stereocenters. The lowest BCUT2D eigenvalue weighted by atomic mass is 10.1. The van der Waals surface area contributed by atoms with Crippen LogP contribution in [0, 0.1) is 0 Å². The number of hydrogen-bond acceptors (Lipinski definition) is 5. The molecule has 0 amide bonds. The molecule has 0 fully saturated rings. The molecule has 0 bridgehead atoms. The highest BCUT2D eigenvalue weighted by Gasteiger charge is 2.06. The van der Waals surface area contributed by atoms with E-state index in [4.69, 9.17) is 11.6 Å². The number of aromatic nitrogens is 5. The van der Waals surface area contributed by atoms with Crippen molar-refractivity contribution in [3.63, 3.8) is 0 Å². The maximum Gasteiger partial charge on any atom is 0.222 e. The lowest BCUT2D eigenvalue weighted by Crippen LogP contribution is -2.04. The average molecular weight is 351 g/mol. The van der Waals surface area contributed by atoms with Gasteiger partial charge in [0.1, 0.15) is 10.8 Å². The van der Waals surface area contributed by atoms with Crippen LogP contribution in [-0.4, -0.2) is 24.9 Å². The van der Waals surface area contributed by atoms with Gasteiger partial charge in [-0.1, -0.05) is 17.7 Å². The van der Waals surface area contributed by atoms with Gasteiger partial charge in [0, 0.05) is 49.3 Å². The normalized spacial score (nSPS) is 10.9. The van der Waals surface area contributed by atoms with E-state index in [1.165, 1.54) is 5.56 Å². The van der Waals surface area contributed by atoms with Crippen molar-refractivity contribution in [2.45, 2.75) is 13.0 Å². The summed E-state index contributed by atoms with van der Waals surface area (Å²) in [7, 11) is 0. The van der Waals surface area contributed by atoms with Crippen LogP contribution in [0.3, 0.4) is 0 Å². The largest absolute Gasteiger partial charge is 0.350 e. The van der Waals surface area contributed by atoms with Crippen molar-refractivity contribution in [2.24, 2.45) is 0 Å². The summed E-state index contributed by atoms with van der Waals surface area (Å²) in [5.41, 5.74) is 4.14. The third kappa shape index (κ3) is 3.59. The summed E-state index contributed by atoms with van der Waals surface area (Å²) in [5, 5.41) is 4.78. The van der Waals surface area contributed by atoms with E-state index in [2.05, 4.69) is 36.3 Å². The Bertz CT molecular complexity index is 979. The van der Waals surface area contributed by atoms with E-state index < -0.39 is 0 Å². The number of pyridine rings is 2. The van der Waals surface area contributed by atoms with Crippen LogP contribution in [0.2, 0.25) is 5.15 Å². The van der Waals surface area contributed by atoms with Gasteiger partial charge in [0.2, 0.25) is 5.95 Å². The average Bonchev–Trinajstić information content (AvgIpc) is 3.06. The van der Waals surface area contributed by atoms with Crippen LogP contribution in [-0.2, 0) is 13.0 Å². The number of nitrogens with zero attached hydrogens (tertiary/aromatic N) is 4. The molecule has 0 aliphatic carbocycles. The van der Waals surface area contributed by atoms with Gasteiger partial charge in [-0.05, 0) is 34.9 Å². The van der Waals surface area contributed by atoms with Gasteiger partial charge in [0.05, 0.1) is 0 Å². The summed E-state index contributed by atoms with van der Waals surface area (Å²) >= 11 is 5.78. The summed E-state index contributed by atoms with van der Waals surface area (Å²) in [4.78, 5) is 20.3. The smallest absolute Gasteiger partial charge is 0.222 e. The molecule has 0 unspecified atom stereocenters. The first-order chi connectivity index (χ1) is 12.3. The fourth-order valence-electron chi connectivity index (χ4n) is 2.61. The summed E-state index contributed by atoms with van der Waals surface area (Å²) in [6, 6.07) is 7.68. The lowest BCUT2D eigenvalue weighted by molar-refractivity contribution is 1.02. The highest BCUT2D eigenvalue weighted by atomic mass is 35.5. The highest BCUT2D eigenvalue weighted by Crippen LogP contribution is 2.19. The van der Waals surface area contributed by atoms with Crippen molar-refractivity contribution in [1.82, 2.24) is 24.9 Å². The van der Waals surface area contributed by atoms with Gasteiger partial charge in [-0.15, -0.1) is 0 Å². The Kier molecular flexibility index (Phi) is 4.26. The molecule has 0 saturated heterocycles. The van der Waals surface area contributed by atoms with E-state index in [-0.39, 0.29) is 0 Å². The second kappa shape index (κ2) is 6.86. The number of aromatic amines is 1. The molecule has 0 aliphatic rings. The number of H-pyrrole nitrogens is 1. The van der Waals surface area contributed by atoms with E-state index in [9.17, 15) is 0 Å². The number of nitrogens with one attached hydrogen (secondary N) is 2. The van der Waals surface area contributed by atoms with Gasteiger partial charge in [0.15, 0.2) is 0 Å². The fraction of sp³-hybridized carbons (Fsp3) is 0.111. The molecule has 7 heteroatoms. The van der Waals surface area contributed by atoms with Crippen molar-refractivity contribution < 1.29 is 0 Å². The summed E-state index contributed by atoms with van der Waals surface area (Å²) in [5.74, 6) is 0.583. The molecular formula is C18H15ClN6. The highest BCUT2D eigenvalue weighted by molar-refractivity contribution is 6.29. The van der Waals surface area contributed by atoms with Gasteiger partial charge in [-0.25, -0.2) is 19.9 Å². The molecule has 0 radical (unpaired) electrons. The predicted molar refractivity (Wildman–Crippen MR) is 97.5 cm³/mol. The molecule has 4 rings (SSSR count). The molecule has 0 aromatic carbocycles. The van der Waals surface area contributed by atoms with Crippen LogP contribution in [0.5, 0.6) is 0 Å². The van der Waals surface area contributed by atoms with Gasteiger partial charge < -0.3 is 10.3 Å². The molecular weight excluding hydrogens is 336 g/mol. The van der Waals surface area contributed by atoms with Gasteiger partial charge in [-0.3, -0.25) is 0 Å². The number of hydrogen-bond donors (Lipinski definition) is 2. The zero-order chi connectivity index (χ0) is 17.1. The molecule has 25 heavy (non-hydrogen) atoms. The molecule has 0 aliphatic heterocycles. The molecule has 0 saturated carbocycles. The minimum absolute atomic E-state index is 0.483. The Hall–Kier alpha value is -2.99. The summed E-state index contributed by atoms with van der Waals surface area (Å²) in [6.07, 6.45) is 9.93. The summed E-state index contributed by atoms with van der Waals surface area (Å²) < 4.78 is 0. The van der Waals surface area contributed by atoms with Gasteiger partial charge in [0.25, 0.3) is 0 Å². The van der Waals surface area contributed by atoms with Crippen molar-refractivity contribution in [1.29, 1.82) is 0 Å². The zero-order valence-electron chi connectivity index (χ0n) is 13.3. The van der Waals surface area contributed by atoms with Crippen molar-refractivity contribution >= 4 is 28.6 Å². The van der Waals surface area contributed by atoms with E-state index in [0.29, 0.717) is 17.6 Å². The maximum absolute atomic E-state index is 5.78.